The molecule has 1 aromatic carbocycles. The van der Waals surface area contributed by atoms with Gasteiger partial charge in [-0.15, -0.1) is 0 Å². The smallest absolute Gasteiger partial charge is 0.416 e. The maximum absolute atomic E-state index is 12.1. The molecule has 1 heterocycles. The van der Waals surface area contributed by atoms with Gasteiger partial charge in [-0.1, -0.05) is 44.2 Å². The van der Waals surface area contributed by atoms with Crippen LogP contribution in [0.1, 0.15) is 25.8 Å². The second-order valence-electron chi connectivity index (χ2n) is 5.28. The quantitative estimate of drug-likeness (QED) is 0.837. The second-order valence-corrected chi connectivity index (χ2v) is 5.28. The van der Waals surface area contributed by atoms with Crippen molar-refractivity contribution >= 4 is 12.0 Å². The fraction of sp³-hybridized carbons (Fsp3) is 0.467. The van der Waals surface area contributed by atoms with Crippen LogP contribution in [0.3, 0.4) is 0 Å². The van der Waals surface area contributed by atoms with E-state index < -0.39 is 6.09 Å². The van der Waals surface area contributed by atoms with Crippen molar-refractivity contribution in [3.05, 3.63) is 35.9 Å². The minimum atomic E-state index is -0.508. The Labute approximate surface area is 113 Å². The zero-order valence-electron chi connectivity index (χ0n) is 11.3. The first kappa shape index (κ1) is 13.6. The van der Waals surface area contributed by atoms with Gasteiger partial charge in [0.15, 0.2) is 0 Å². The van der Waals surface area contributed by atoms with Crippen molar-refractivity contribution in [3.8, 4) is 0 Å². The zero-order valence-corrected chi connectivity index (χ0v) is 11.3. The van der Waals surface area contributed by atoms with Gasteiger partial charge in [-0.3, -0.25) is 4.79 Å². The van der Waals surface area contributed by atoms with E-state index in [0.29, 0.717) is 12.8 Å². The highest BCUT2D eigenvalue weighted by Crippen LogP contribution is 2.19. The Kier molecular flexibility index (Phi) is 4.20. The minimum absolute atomic E-state index is 0.140. The van der Waals surface area contributed by atoms with Crippen molar-refractivity contribution in [1.82, 2.24) is 4.90 Å². The molecule has 4 heteroatoms. The van der Waals surface area contributed by atoms with E-state index in [0.717, 1.165) is 5.56 Å². The Bertz CT molecular complexity index is 456. The summed E-state index contributed by atoms with van der Waals surface area (Å²) in [6, 6.07) is 9.66. The van der Waals surface area contributed by atoms with E-state index in [2.05, 4.69) is 0 Å². The minimum Gasteiger partial charge on any atom is -0.447 e. The molecule has 19 heavy (non-hydrogen) atoms. The zero-order chi connectivity index (χ0) is 13.8. The van der Waals surface area contributed by atoms with Gasteiger partial charge in [0.05, 0.1) is 6.04 Å². The van der Waals surface area contributed by atoms with Crippen molar-refractivity contribution in [2.24, 2.45) is 5.92 Å². The Morgan fingerprint density at radius 3 is 2.68 bits per heavy atom. The number of amides is 2. The summed E-state index contributed by atoms with van der Waals surface area (Å²) in [5.74, 6) is 0.0942. The Balaban J connectivity index is 2.07. The highest BCUT2D eigenvalue weighted by molar-refractivity contribution is 5.93. The molecule has 1 aliphatic heterocycles. The molecule has 1 aliphatic rings. The van der Waals surface area contributed by atoms with E-state index >= 15 is 0 Å². The lowest BCUT2D eigenvalue weighted by atomic mass is 10.0. The lowest BCUT2D eigenvalue weighted by molar-refractivity contribution is -0.129. The number of hydrogen-bond donors (Lipinski definition) is 0. The van der Waals surface area contributed by atoms with Crippen LogP contribution >= 0.6 is 0 Å². The van der Waals surface area contributed by atoms with Crippen LogP contribution in [0.5, 0.6) is 0 Å². The van der Waals surface area contributed by atoms with E-state index in [4.69, 9.17) is 4.74 Å². The number of rotatable bonds is 4. The molecule has 1 fully saturated rings. The average molecular weight is 261 g/mol. The van der Waals surface area contributed by atoms with Gasteiger partial charge in [0.2, 0.25) is 5.91 Å². The fourth-order valence-electron chi connectivity index (χ4n) is 2.25. The first-order chi connectivity index (χ1) is 9.08. The summed E-state index contributed by atoms with van der Waals surface area (Å²) in [5.41, 5.74) is 1.10. The van der Waals surface area contributed by atoms with E-state index in [-0.39, 0.29) is 24.5 Å². The van der Waals surface area contributed by atoms with Crippen LogP contribution in [0.25, 0.3) is 0 Å². The Morgan fingerprint density at radius 1 is 1.37 bits per heavy atom. The normalized spacial score (nSPS) is 18.8. The molecule has 102 valence electrons. The number of nitrogens with zero attached hydrogens (tertiary/aromatic N) is 1. The van der Waals surface area contributed by atoms with Crippen molar-refractivity contribution in [2.45, 2.75) is 32.7 Å². The van der Waals surface area contributed by atoms with E-state index in [9.17, 15) is 9.59 Å². The summed E-state index contributed by atoms with van der Waals surface area (Å²) >= 11 is 0. The molecule has 4 nitrogen and oxygen atoms in total. The molecule has 1 aromatic rings. The van der Waals surface area contributed by atoms with Crippen molar-refractivity contribution in [3.63, 3.8) is 0 Å². The molecule has 2 rings (SSSR count). The summed E-state index contributed by atoms with van der Waals surface area (Å²) in [5, 5.41) is 0. The number of hydrogen-bond acceptors (Lipinski definition) is 3. The molecule has 0 aromatic heterocycles. The van der Waals surface area contributed by atoms with Crippen LogP contribution in [-0.4, -0.2) is 29.5 Å². The van der Waals surface area contributed by atoms with E-state index in [1.165, 1.54) is 4.90 Å². The molecule has 0 spiro atoms. The van der Waals surface area contributed by atoms with Gasteiger partial charge in [0, 0.05) is 6.42 Å². The molecule has 0 radical (unpaired) electrons. The lowest BCUT2D eigenvalue weighted by Crippen LogP contribution is -2.40. The summed E-state index contributed by atoms with van der Waals surface area (Å²) < 4.78 is 5.02. The van der Waals surface area contributed by atoms with E-state index in [1.54, 1.807) is 0 Å². The average Bonchev–Trinajstić information content (AvgIpc) is 2.71. The topological polar surface area (TPSA) is 46.6 Å². The van der Waals surface area contributed by atoms with Gasteiger partial charge in [0.25, 0.3) is 0 Å². The lowest BCUT2D eigenvalue weighted by Gasteiger charge is -2.20. The van der Waals surface area contributed by atoms with Crippen LogP contribution in [0.2, 0.25) is 0 Å². The molecule has 0 saturated carbocycles. The number of imide groups is 1. The maximum Gasteiger partial charge on any atom is 0.416 e. The third-order valence-electron chi connectivity index (χ3n) is 3.13. The van der Waals surface area contributed by atoms with E-state index in [1.807, 2.05) is 44.2 Å². The predicted molar refractivity (Wildman–Crippen MR) is 71.6 cm³/mol. The van der Waals surface area contributed by atoms with Crippen molar-refractivity contribution in [2.75, 3.05) is 6.61 Å². The van der Waals surface area contributed by atoms with Gasteiger partial charge >= 0.3 is 6.09 Å². The molecule has 0 aliphatic carbocycles. The van der Waals surface area contributed by atoms with Crippen LogP contribution in [0.4, 0.5) is 4.79 Å². The highest BCUT2D eigenvalue weighted by Gasteiger charge is 2.37. The monoisotopic (exact) mass is 261 g/mol. The van der Waals surface area contributed by atoms with Gasteiger partial charge in [0.1, 0.15) is 6.61 Å². The van der Waals surface area contributed by atoms with Crippen molar-refractivity contribution < 1.29 is 14.3 Å². The first-order valence-corrected chi connectivity index (χ1v) is 6.60. The van der Waals surface area contributed by atoms with Gasteiger partial charge < -0.3 is 4.74 Å². The maximum atomic E-state index is 12.1. The third kappa shape index (κ3) is 3.34. The summed E-state index contributed by atoms with van der Waals surface area (Å²) in [4.78, 5) is 25.1. The molecule has 1 atom stereocenters. The molecule has 2 amide bonds. The van der Waals surface area contributed by atoms with Gasteiger partial charge in [-0.05, 0) is 17.9 Å². The van der Waals surface area contributed by atoms with Crippen LogP contribution in [-0.2, 0) is 16.0 Å². The molecular weight excluding hydrogens is 242 g/mol. The summed E-state index contributed by atoms with van der Waals surface area (Å²) in [6.07, 6.45) is 0.517. The summed E-state index contributed by atoms with van der Waals surface area (Å²) in [6.45, 7) is 4.22. The largest absolute Gasteiger partial charge is 0.447 e. The van der Waals surface area contributed by atoms with Crippen molar-refractivity contribution in [1.29, 1.82) is 0 Å². The van der Waals surface area contributed by atoms with Gasteiger partial charge in [-0.2, -0.15) is 0 Å². The Hall–Kier alpha value is -1.84. The number of cyclic esters (lactones) is 1. The highest BCUT2D eigenvalue weighted by atomic mass is 16.6. The molecule has 0 bridgehead atoms. The molecular formula is C15H19NO3. The van der Waals surface area contributed by atoms with Gasteiger partial charge in [-0.25, -0.2) is 9.69 Å². The fourth-order valence-corrected chi connectivity index (χ4v) is 2.25. The summed E-state index contributed by atoms with van der Waals surface area (Å²) in [7, 11) is 0. The van der Waals surface area contributed by atoms with Crippen LogP contribution in [0.15, 0.2) is 30.3 Å². The third-order valence-corrected chi connectivity index (χ3v) is 3.13. The molecule has 1 unspecified atom stereocenters. The first-order valence-electron chi connectivity index (χ1n) is 6.60. The standard InChI is InChI=1S/C15H19NO3/c1-11(2)8-14(17)16-13(10-19-15(16)18)9-12-6-4-3-5-7-12/h3-7,11,13H,8-10H2,1-2H3. The number of carbonyl (C=O) groups excluding carboxylic acids is 2. The predicted octanol–water partition coefficient (Wildman–Crippen LogP) is 2.62. The van der Waals surface area contributed by atoms with Crippen LogP contribution < -0.4 is 0 Å². The number of carbonyl (C=O) groups is 2. The Morgan fingerprint density at radius 2 is 2.05 bits per heavy atom. The molecule has 1 saturated heterocycles. The van der Waals surface area contributed by atoms with Crippen LogP contribution in [0, 0.1) is 5.92 Å². The SMILES string of the molecule is CC(C)CC(=O)N1C(=O)OCC1Cc1ccccc1. The second kappa shape index (κ2) is 5.87. The number of benzene rings is 1. The number of ether oxygens (including phenoxy) is 1. The molecule has 0 N–H and O–H groups in total.